The van der Waals surface area contributed by atoms with E-state index in [4.69, 9.17) is 11.1 Å². The highest BCUT2D eigenvalue weighted by atomic mass is 79.9. The predicted molar refractivity (Wildman–Crippen MR) is 182 cm³/mol. The van der Waals surface area contributed by atoms with E-state index in [1.54, 1.807) is 57.4 Å². The van der Waals surface area contributed by atoms with Crippen LogP contribution in [0.4, 0.5) is 22.9 Å². The van der Waals surface area contributed by atoms with Crippen molar-refractivity contribution in [2.75, 3.05) is 34.4 Å². The Balaban J connectivity index is 1.39. The summed E-state index contributed by atoms with van der Waals surface area (Å²) in [5.41, 5.74) is 6.96. The van der Waals surface area contributed by atoms with Crippen LogP contribution in [0.2, 0.25) is 0 Å². The number of nitrogens with one attached hydrogen (secondary N) is 7. The molecule has 19 heteroatoms. The number of halogens is 1. The van der Waals surface area contributed by atoms with Gasteiger partial charge in [-0.15, -0.1) is 0 Å². The van der Waals surface area contributed by atoms with Crippen LogP contribution in [0, 0.1) is 5.41 Å². The van der Waals surface area contributed by atoms with Crippen molar-refractivity contribution in [1.82, 2.24) is 34.1 Å². The second kappa shape index (κ2) is 14.5. The number of anilines is 4. The number of aromatic nitrogens is 5. The lowest BCUT2D eigenvalue weighted by molar-refractivity contribution is -0.112. The van der Waals surface area contributed by atoms with Crippen LogP contribution in [-0.2, 0) is 33.0 Å². The van der Waals surface area contributed by atoms with Crippen LogP contribution in [0.5, 0.6) is 0 Å². The average molecular weight is 725 g/mol. The number of hydrogen-bond donors (Lipinski definition) is 8. The number of hydrogen-bond acceptors (Lipinski definition) is 7. The largest absolute Gasteiger partial charge is 0.370 e. The summed E-state index contributed by atoms with van der Waals surface area (Å²) in [5, 5.41) is 27.3. The second-order valence-electron chi connectivity index (χ2n) is 10.5. The lowest BCUT2D eigenvalue weighted by Crippen LogP contribution is -2.38. The first-order valence-corrected chi connectivity index (χ1v) is 14.9. The van der Waals surface area contributed by atoms with Crippen LogP contribution < -0.4 is 37.6 Å². The fraction of sp³-hybridized carbons (Fsp3) is 0.207. The van der Waals surface area contributed by atoms with Crippen LogP contribution in [0.1, 0.15) is 42.0 Å². The minimum absolute atomic E-state index is 0.101. The number of nitrogens with two attached hydrogens (primary N) is 1. The van der Waals surface area contributed by atoms with Crippen LogP contribution in [0.3, 0.4) is 0 Å². The third-order valence-corrected chi connectivity index (χ3v) is 7.21. The van der Waals surface area contributed by atoms with Crippen molar-refractivity contribution in [3.05, 3.63) is 76.7 Å². The van der Waals surface area contributed by atoms with E-state index >= 15 is 0 Å². The Morgan fingerprint density at radius 1 is 0.792 bits per heavy atom. The summed E-state index contributed by atoms with van der Waals surface area (Å²) in [4.78, 5) is 63.9. The van der Waals surface area contributed by atoms with E-state index in [1.807, 2.05) is 0 Å². The van der Waals surface area contributed by atoms with E-state index in [0.29, 0.717) is 11.4 Å². The van der Waals surface area contributed by atoms with Crippen molar-refractivity contribution < 1.29 is 24.0 Å². The van der Waals surface area contributed by atoms with Crippen molar-refractivity contribution in [3.63, 3.8) is 0 Å². The van der Waals surface area contributed by atoms with E-state index in [0.717, 1.165) is 0 Å². The maximum Gasteiger partial charge on any atom is 0.274 e. The van der Waals surface area contributed by atoms with Gasteiger partial charge in [-0.05, 0) is 34.1 Å². The van der Waals surface area contributed by atoms with E-state index < -0.39 is 29.5 Å². The monoisotopic (exact) mass is 723 g/mol. The Bertz CT molecular complexity index is 1950. The summed E-state index contributed by atoms with van der Waals surface area (Å²) >= 11 is 3.01. The van der Waals surface area contributed by atoms with E-state index in [9.17, 15) is 24.0 Å². The highest BCUT2D eigenvalue weighted by Crippen LogP contribution is 2.22. The third-order valence-electron chi connectivity index (χ3n) is 6.85. The summed E-state index contributed by atoms with van der Waals surface area (Å²) in [5.74, 6) is -2.56. The number of rotatable bonds is 12. The minimum atomic E-state index is -0.533. The highest BCUT2D eigenvalue weighted by Gasteiger charge is 2.22. The predicted octanol–water partition coefficient (Wildman–Crippen LogP) is 1.25. The summed E-state index contributed by atoms with van der Waals surface area (Å²) < 4.78 is 6.00. The lowest BCUT2D eigenvalue weighted by Gasteiger charge is -2.09. The molecule has 252 valence electrons. The SMILES string of the molecule is C=C(Br)C(=O)Nc1ccn(C)c1C(=O)Nc1cc(C(=O)Nc2cc(C(=O)Nc3cc(C(=O)NCCNC(=N)N)n(C)n3)n(C)c2)n(C)c1. The standard InChI is InChI=1S/C29H34BrN13O5/c1-15(30)24(44)37-18-6-9-40(2)23(18)28(48)36-17-11-19(41(3)14-17)26(46)35-16-10-20(42(4)13-16)27(47)38-22-12-21(43(5)39-22)25(45)33-7-8-34-29(31)32/h6,9-14H,1,7-8H2,2-5H3,(H,33,45)(H,35,46)(H,36,48)(H,37,44)(H4,31,32,34)(H,38,39,47). The smallest absolute Gasteiger partial charge is 0.274 e. The van der Waals surface area contributed by atoms with Crippen LogP contribution in [0.15, 0.2) is 53.9 Å². The maximum atomic E-state index is 13.2. The van der Waals surface area contributed by atoms with Crippen LogP contribution >= 0.6 is 15.9 Å². The van der Waals surface area contributed by atoms with E-state index in [1.165, 1.54) is 32.0 Å². The molecular formula is C29H34BrN13O5. The highest BCUT2D eigenvalue weighted by molar-refractivity contribution is 9.12. The quantitative estimate of drug-likeness (QED) is 0.0457. The number of carbonyl (C=O) groups is 5. The van der Waals surface area contributed by atoms with Gasteiger partial charge < -0.3 is 51.3 Å². The zero-order valence-corrected chi connectivity index (χ0v) is 28.0. The van der Waals surface area contributed by atoms with Gasteiger partial charge in [0.05, 0.1) is 21.5 Å². The Morgan fingerprint density at radius 2 is 1.35 bits per heavy atom. The van der Waals surface area contributed by atoms with Crippen LogP contribution in [-0.4, -0.2) is 72.1 Å². The van der Waals surface area contributed by atoms with Gasteiger partial charge in [0.25, 0.3) is 29.5 Å². The zero-order chi connectivity index (χ0) is 35.3. The number of carbonyl (C=O) groups excluding carboxylic acids is 5. The molecule has 0 atom stereocenters. The van der Waals surface area contributed by atoms with Gasteiger partial charge in [0.2, 0.25) is 0 Å². The summed E-state index contributed by atoms with van der Waals surface area (Å²) in [6.07, 6.45) is 4.73. The molecule has 9 N–H and O–H groups in total. The fourth-order valence-corrected chi connectivity index (χ4v) is 4.69. The Labute approximate surface area is 282 Å². The Morgan fingerprint density at radius 3 is 1.94 bits per heavy atom. The van der Waals surface area contributed by atoms with Gasteiger partial charge in [-0.25, -0.2) is 0 Å². The van der Waals surface area contributed by atoms with Gasteiger partial charge in [0, 0.05) is 65.9 Å². The molecule has 0 aliphatic carbocycles. The third kappa shape index (κ3) is 8.18. The summed E-state index contributed by atoms with van der Waals surface area (Å²) in [6.45, 7) is 4.01. The molecule has 0 unspecified atom stereocenters. The maximum absolute atomic E-state index is 13.2. The summed E-state index contributed by atoms with van der Waals surface area (Å²) in [6, 6.07) is 5.95. The molecule has 5 amide bonds. The second-order valence-corrected chi connectivity index (χ2v) is 11.5. The van der Waals surface area contributed by atoms with Gasteiger partial charge in [0.15, 0.2) is 11.8 Å². The molecule has 0 fully saturated rings. The minimum Gasteiger partial charge on any atom is -0.370 e. The molecule has 18 nitrogen and oxygen atoms in total. The van der Waals surface area contributed by atoms with Gasteiger partial charge in [-0.3, -0.25) is 34.1 Å². The van der Waals surface area contributed by atoms with Crippen molar-refractivity contribution in [1.29, 1.82) is 5.41 Å². The van der Waals surface area contributed by atoms with Gasteiger partial charge in [0.1, 0.15) is 22.8 Å². The molecule has 4 aromatic heterocycles. The van der Waals surface area contributed by atoms with Gasteiger partial charge in [-0.1, -0.05) is 6.58 Å². The fourth-order valence-electron chi connectivity index (χ4n) is 4.59. The first-order valence-electron chi connectivity index (χ1n) is 14.1. The molecule has 0 spiro atoms. The van der Waals surface area contributed by atoms with E-state index in [-0.39, 0.29) is 57.8 Å². The molecule has 0 aliphatic heterocycles. The molecule has 4 aromatic rings. The van der Waals surface area contributed by atoms with Crippen molar-refractivity contribution >= 4 is 74.3 Å². The molecule has 0 aromatic carbocycles. The van der Waals surface area contributed by atoms with Gasteiger partial charge in [-0.2, -0.15) is 5.10 Å². The van der Waals surface area contributed by atoms with Crippen molar-refractivity contribution in [2.45, 2.75) is 0 Å². The topological polar surface area (TPSA) is 240 Å². The number of aryl methyl sites for hydroxylation is 4. The number of amides is 5. The molecule has 0 radical (unpaired) electrons. The molecular weight excluding hydrogens is 690 g/mol. The molecule has 4 heterocycles. The zero-order valence-electron chi connectivity index (χ0n) is 26.4. The first-order chi connectivity index (χ1) is 22.6. The average Bonchev–Trinajstić information content (AvgIpc) is 3.76. The van der Waals surface area contributed by atoms with Crippen LogP contribution in [0.25, 0.3) is 0 Å². The van der Waals surface area contributed by atoms with Crippen molar-refractivity contribution in [3.8, 4) is 0 Å². The number of nitrogens with zero attached hydrogens (tertiary/aromatic N) is 5. The first kappa shape index (κ1) is 34.8. The molecule has 48 heavy (non-hydrogen) atoms. The Hall–Kier alpha value is -6.11. The molecule has 0 saturated carbocycles. The number of guanidine groups is 1. The van der Waals surface area contributed by atoms with Crippen molar-refractivity contribution in [2.24, 2.45) is 33.9 Å². The molecule has 4 rings (SSSR count). The Kier molecular flexibility index (Phi) is 10.5. The molecule has 0 aliphatic rings. The molecule has 0 saturated heterocycles. The van der Waals surface area contributed by atoms with Gasteiger partial charge >= 0.3 is 0 Å². The molecule has 0 bridgehead atoms. The lowest BCUT2D eigenvalue weighted by atomic mass is 10.3. The summed E-state index contributed by atoms with van der Waals surface area (Å²) in [7, 11) is 6.46. The normalized spacial score (nSPS) is 10.6. The van der Waals surface area contributed by atoms with E-state index in [2.05, 4.69) is 59.5 Å².